The van der Waals surface area contributed by atoms with Crippen LogP contribution in [0.25, 0.3) is 0 Å². The van der Waals surface area contributed by atoms with Crippen LogP contribution in [0.4, 0.5) is 0 Å². The smallest absolute Gasteiger partial charge is 1.00 e. The Kier molecular flexibility index (Phi) is 19.9. The first-order valence-corrected chi connectivity index (χ1v) is 0.724. The van der Waals surface area contributed by atoms with Gasteiger partial charge >= 0.3 is 51.4 Å². The van der Waals surface area contributed by atoms with E-state index >= 15 is 0 Å². The zero-order chi connectivity index (χ0) is 2.71. The molecule has 0 aliphatic rings. The number of rotatable bonds is 0. The Morgan fingerprint density at radius 3 is 2.00 bits per heavy atom. The molecule has 0 saturated carbocycles. The van der Waals surface area contributed by atoms with Crippen molar-refractivity contribution in [3.05, 3.63) is 0 Å². The molecule has 0 aromatic rings. The molecule has 0 atom stereocenters. The van der Waals surface area contributed by atoms with E-state index < -0.39 is 0 Å². The third-order valence-electron chi connectivity index (χ3n) is 0. The Morgan fingerprint density at radius 2 is 2.00 bits per heavy atom. The Morgan fingerprint density at radius 1 is 2.00 bits per heavy atom. The molecule has 0 unspecified atom stereocenters. The largest absolute Gasteiger partial charge is 1.00 e. The second kappa shape index (κ2) is 8.92. The molecule has 0 spiro atoms. The van der Waals surface area contributed by atoms with Crippen molar-refractivity contribution in [1.82, 2.24) is 0 Å². The van der Waals surface area contributed by atoms with Crippen LogP contribution in [0.2, 0.25) is 0 Å². The zero-order valence-corrected chi connectivity index (χ0v) is 6.07. The van der Waals surface area contributed by atoms with Gasteiger partial charge in [0, 0.05) is 6.92 Å². The van der Waals surface area contributed by atoms with Crippen LogP contribution in [0, 0.1) is 11.3 Å². The van der Waals surface area contributed by atoms with E-state index in [0.29, 0.717) is 0 Å². The summed E-state index contributed by atoms with van der Waals surface area (Å²) < 4.78 is 0. The van der Waals surface area contributed by atoms with E-state index in [-0.39, 0.29) is 52.8 Å². The molecule has 0 aromatic heterocycles. The predicted octanol–water partition coefficient (Wildman–Crippen LogP) is -2.35. The van der Waals surface area contributed by atoms with Gasteiger partial charge in [-0.2, -0.15) is 5.26 Å². The second-order valence-corrected chi connectivity index (χ2v) is 0.224. The van der Waals surface area contributed by atoms with E-state index in [9.17, 15) is 0 Å². The Balaban J connectivity index is -0.0000000200. The molecule has 0 saturated heterocycles. The van der Waals surface area contributed by atoms with Crippen LogP contribution in [0.1, 0.15) is 8.35 Å². The van der Waals surface area contributed by atoms with Gasteiger partial charge in [-0.1, -0.05) is 0 Å². The quantitative estimate of drug-likeness (QED) is 0.299. The van der Waals surface area contributed by atoms with Crippen molar-refractivity contribution in [1.29, 1.82) is 5.26 Å². The fourth-order valence-corrected chi connectivity index (χ4v) is 0. The van der Waals surface area contributed by atoms with Gasteiger partial charge in [-0.05, 0) is 0 Å². The van der Waals surface area contributed by atoms with Gasteiger partial charge in [0.15, 0.2) is 0 Å². The fourth-order valence-electron chi connectivity index (χ4n) is 0. The SMILES string of the molecule is CC#N.[H-].[K+]. The average molecular weight is 81.2 g/mol. The molecule has 0 radical (unpaired) electrons. The maximum Gasteiger partial charge on any atom is 1.00 e. The van der Waals surface area contributed by atoms with Crippen molar-refractivity contribution in [3.63, 3.8) is 0 Å². The summed E-state index contributed by atoms with van der Waals surface area (Å²) in [5, 5.41) is 7.32. The third-order valence-corrected chi connectivity index (χ3v) is 0. The van der Waals surface area contributed by atoms with E-state index in [2.05, 4.69) is 0 Å². The third kappa shape index (κ3) is 11.1. The van der Waals surface area contributed by atoms with Crippen LogP contribution in [-0.2, 0) is 0 Å². The van der Waals surface area contributed by atoms with E-state index in [4.69, 9.17) is 5.26 Å². The van der Waals surface area contributed by atoms with E-state index in [1.54, 1.807) is 6.07 Å². The van der Waals surface area contributed by atoms with Crippen LogP contribution < -0.4 is 51.4 Å². The Bertz CT molecular complexity index is 31.1. The molecule has 4 heavy (non-hydrogen) atoms. The minimum atomic E-state index is 0. The van der Waals surface area contributed by atoms with Crippen LogP contribution >= 0.6 is 0 Å². The maximum absolute atomic E-state index is 7.32. The normalized spacial score (nSPS) is 2.00. The van der Waals surface area contributed by atoms with Crippen molar-refractivity contribution in [2.24, 2.45) is 0 Å². The van der Waals surface area contributed by atoms with Crippen LogP contribution in [0.15, 0.2) is 0 Å². The summed E-state index contributed by atoms with van der Waals surface area (Å²) in [5.74, 6) is 0. The minimum absolute atomic E-state index is 0. The van der Waals surface area contributed by atoms with E-state index in [0.717, 1.165) is 0 Å². The molecular formula is C2H4KN. The summed E-state index contributed by atoms with van der Waals surface area (Å²) in [7, 11) is 0. The second-order valence-electron chi connectivity index (χ2n) is 0.224. The summed E-state index contributed by atoms with van der Waals surface area (Å²) >= 11 is 0. The van der Waals surface area contributed by atoms with Crippen LogP contribution in [0.5, 0.6) is 0 Å². The molecule has 1 nitrogen and oxygen atoms in total. The molecule has 0 aliphatic heterocycles. The number of nitriles is 1. The Hall–Kier alpha value is 1.13. The van der Waals surface area contributed by atoms with Crippen molar-refractivity contribution in [2.45, 2.75) is 6.92 Å². The molecule has 2 heteroatoms. The summed E-state index contributed by atoms with van der Waals surface area (Å²) in [6.07, 6.45) is 0. The zero-order valence-electron chi connectivity index (χ0n) is 3.95. The van der Waals surface area contributed by atoms with Crippen molar-refractivity contribution in [2.75, 3.05) is 0 Å². The van der Waals surface area contributed by atoms with E-state index in [1.807, 2.05) is 0 Å². The number of nitrogens with zero attached hydrogens (tertiary/aromatic N) is 1. The van der Waals surface area contributed by atoms with Gasteiger partial charge < -0.3 is 1.43 Å². The van der Waals surface area contributed by atoms with Crippen molar-refractivity contribution < 1.29 is 52.8 Å². The van der Waals surface area contributed by atoms with Gasteiger partial charge in [0.25, 0.3) is 0 Å². The van der Waals surface area contributed by atoms with Gasteiger partial charge in [0.1, 0.15) is 0 Å². The average Bonchev–Trinajstić information content (AvgIpc) is 0.918. The van der Waals surface area contributed by atoms with Crippen LogP contribution in [-0.4, -0.2) is 0 Å². The number of hydrogen-bond acceptors (Lipinski definition) is 1. The van der Waals surface area contributed by atoms with Gasteiger partial charge in [-0.15, -0.1) is 0 Å². The topological polar surface area (TPSA) is 23.8 Å². The molecule has 0 bridgehead atoms. The molecule has 0 aromatic carbocycles. The van der Waals surface area contributed by atoms with Crippen LogP contribution in [0.3, 0.4) is 0 Å². The first-order valence-electron chi connectivity index (χ1n) is 0.724. The van der Waals surface area contributed by atoms with E-state index in [1.165, 1.54) is 6.92 Å². The van der Waals surface area contributed by atoms with Gasteiger partial charge in [-0.25, -0.2) is 0 Å². The summed E-state index contributed by atoms with van der Waals surface area (Å²) in [6, 6.07) is 1.75. The fraction of sp³-hybridized carbons (Fsp3) is 0.500. The predicted molar refractivity (Wildman–Crippen MR) is 12.4 cm³/mol. The molecular weight excluding hydrogens is 77.1 g/mol. The minimum Gasteiger partial charge on any atom is -1.00 e. The molecule has 0 amide bonds. The standard InChI is InChI=1S/C2H3N.K.H/c1-2-3;;/h1H3;;/q;+1;-1. The van der Waals surface area contributed by atoms with Gasteiger partial charge in [0.2, 0.25) is 0 Å². The molecule has 0 fully saturated rings. The van der Waals surface area contributed by atoms with Crippen molar-refractivity contribution >= 4 is 0 Å². The molecule has 0 rings (SSSR count). The molecule has 0 N–H and O–H groups in total. The van der Waals surface area contributed by atoms with Gasteiger partial charge in [-0.3, -0.25) is 0 Å². The summed E-state index contributed by atoms with van der Waals surface area (Å²) in [4.78, 5) is 0. The number of hydrogen-bond donors (Lipinski definition) is 0. The monoisotopic (exact) mass is 81.0 g/mol. The first kappa shape index (κ1) is 8.93. The molecule has 18 valence electrons. The Labute approximate surface area is 69.9 Å². The summed E-state index contributed by atoms with van der Waals surface area (Å²) in [6.45, 7) is 1.43. The summed E-state index contributed by atoms with van der Waals surface area (Å²) in [5.41, 5.74) is 0. The maximum atomic E-state index is 7.32. The first-order chi connectivity index (χ1) is 1.41. The molecule has 0 heterocycles. The van der Waals surface area contributed by atoms with Gasteiger partial charge in [0.05, 0.1) is 6.07 Å². The van der Waals surface area contributed by atoms with Crippen molar-refractivity contribution in [3.8, 4) is 6.07 Å². The molecule has 0 aliphatic carbocycles.